The molecule has 2 N–H and O–H groups in total. The Balaban J connectivity index is 2.27. The molecule has 0 spiro atoms. The van der Waals surface area contributed by atoms with Gasteiger partial charge in [0.25, 0.3) is 10.1 Å². The van der Waals surface area contributed by atoms with Gasteiger partial charge in [0.05, 0.1) is 0 Å². The Morgan fingerprint density at radius 2 is 1.75 bits per heavy atom. The molecule has 0 radical (unpaired) electrons. The summed E-state index contributed by atoms with van der Waals surface area (Å²) in [7, 11) is -4.44. The lowest BCUT2D eigenvalue weighted by Gasteiger charge is -2.13. The molecule has 0 aliphatic carbocycles. The zero-order valence-corrected chi connectivity index (χ0v) is 14.4. The van der Waals surface area contributed by atoms with Crippen LogP contribution in [0.2, 0.25) is 0 Å². The maximum Gasteiger partial charge on any atom is 0.298 e. The van der Waals surface area contributed by atoms with E-state index in [1.165, 1.54) is 18.6 Å². The topological polar surface area (TPSA) is 83.8 Å². The zero-order valence-electron chi connectivity index (χ0n) is 13.6. The Hall–Kier alpha value is -2.05. The average Bonchev–Trinajstić information content (AvgIpc) is 2.52. The minimum absolute atomic E-state index is 0.0986. The van der Waals surface area contributed by atoms with Crippen LogP contribution < -0.4 is 4.74 Å². The summed E-state index contributed by atoms with van der Waals surface area (Å²) in [6.07, 6.45) is 5.27. The Labute approximate surface area is 142 Å². The first-order chi connectivity index (χ1) is 11.4. The second-order valence-corrected chi connectivity index (χ2v) is 7.02. The number of para-hydroxylation sites is 1. The summed E-state index contributed by atoms with van der Waals surface area (Å²) in [5, 5.41) is 9.59. The van der Waals surface area contributed by atoms with Gasteiger partial charge < -0.3 is 9.84 Å². The predicted octanol–water partition coefficient (Wildman–Crippen LogP) is 4.55. The molecule has 0 bridgehead atoms. The van der Waals surface area contributed by atoms with Crippen LogP contribution >= 0.6 is 0 Å². The normalized spacial score (nSPS) is 11.4. The summed E-state index contributed by atoms with van der Waals surface area (Å²) in [5.74, 6) is 0.279. The van der Waals surface area contributed by atoms with Crippen molar-refractivity contribution in [1.82, 2.24) is 0 Å². The van der Waals surface area contributed by atoms with Gasteiger partial charge in [-0.1, -0.05) is 44.4 Å². The lowest BCUT2D eigenvalue weighted by molar-refractivity contribution is 0.433. The Morgan fingerprint density at radius 3 is 2.46 bits per heavy atom. The molecule has 6 heteroatoms. The first-order valence-electron chi connectivity index (χ1n) is 7.98. The number of phenolic OH excluding ortho intramolecular Hbond substituents is 1. The van der Waals surface area contributed by atoms with Gasteiger partial charge in [-0.15, -0.1) is 0 Å². The number of rotatable bonds is 8. The Kier molecular flexibility index (Phi) is 6.23. The van der Waals surface area contributed by atoms with E-state index < -0.39 is 10.1 Å². The average molecular weight is 350 g/mol. The highest BCUT2D eigenvalue weighted by molar-refractivity contribution is 7.86. The molecule has 24 heavy (non-hydrogen) atoms. The first kappa shape index (κ1) is 18.3. The summed E-state index contributed by atoms with van der Waals surface area (Å²) >= 11 is 0. The van der Waals surface area contributed by atoms with Crippen molar-refractivity contribution >= 4 is 10.1 Å². The number of aromatic hydroxyl groups is 1. The van der Waals surface area contributed by atoms with Gasteiger partial charge >= 0.3 is 0 Å². The monoisotopic (exact) mass is 350 g/mol. The van der Waals surface area contributed by atoms with Crippen LogP contribution in [0.25, 0.3) is 0 Å². The third kappa shape index (κ3) is 4.97. The SMILES string of the molecule is CCCCCCc1ccccc1Oc1cc(O)ccc1S(=O)(=O)O. The molecular weight excluding hydrogens is 328 g/mol. The summed E-state index contributed by atoms with van der Waals surface area (Å²) in [4.78, 5) is -0.374. The summed E-state index contributed by atoms with van der Waals surface area (Å²) in [5.41, 5.74) is 0.957. The van der Waals surface area contributed by atoms with Crippen LogP contribution in [0.4, 0.5) is 0 Å². The number of hydrogen-bond donors (Lipinski definition) is 2. The second-order valence-electron chi connectivity index (χ2n) is 5.63. The Morgan fingerprint density at radius 1 is 1.00 bits per heavy atom. The van der Waals surface area contributed by atoms with Gasteiger partial charge in [0.15, 0.2) is 5.75 Å². The van der Waals surface area contributed by atoms with E-state index in [9.17, 15) is 18.1 Å². The van der Waals surface area contributed by atoms with Gasteiger partial charge in [-0.3, -0.25) is 4.55 Å². The van der Waals surface area contributed by atoms with E-state index in [2.05, 4.69) is 6.92 Å². The van der Waals surface area contributed by atoms with E-state index in [-0.39, 0.29) is 16.4 Å². The molecule has 0 atom stereocenters. The molecule has 0 aromatic heterocycles. The molecule has 0 aliphatic heterocycles. The maximum absolute atomic E-state index is 11.5. The molecule has 0 aliphatic rings. The number of hydrogen-bond acceptors (Lipinski definition) is 4. The Bertz CT molecular complexity index is 784. The molecule has 0 saturated heterocycles. The molecule has 0 saturated carbocycles. The standard InChI is InChI=1S/C18H22O5S/c1-2-3-4-5-8-14-9-6-7-10-16(14)23-17-13-15(19)11-12-18(17)24(20,21)22/h6-7,9-13,19H,2-5,8H2,1H3,(H,20,21,22). The van der Waals surface area contributed by atoms with Crippen molar-refractivity contribution in [3.8, 4) is 17.2 Å². The third-order valence-corrected chi connectivity index (χ3v) is 4.59. The van der Waals surface area contributed by atoms with E-state index in [0.29, 0.717) is 5.75 Å². The van der Waals surface area contributed by atoms with Crippen molar-refractivity contribution < 1.29 is 22.8 Å². The van der Waals surface area contributed by atoms with E-state index in [1.54, 1.807) is 12.1 Å². The second kappa shape index (κ2) is 8.17. The number of phenols is 1. The number of ether oxygens (including phenoxy) is 1. The van der Waals surface area contributed by atoms with Crippen molar-refractivity contribution in [2.75, 3.05) is 0 Å². The van der Waals surface area contributed by atoms with E-state index in [1.807, 2.05) is 12.1 Å². The van der Waals surface area contributed by atoms with Crippen molar-refractivity contribution in [1.29, 1.82) is 0 Å². The minimum atomic E-state index is -4.44. The van der Waals surface area contributed by atoms with Crippen molar-refractivity contribution in [2.45, 2.75) is 43.9 Å². The summed E-state index contributed by atoms with van der Waals surface area (Å²) in [6, 6.07) is 10.8. The molecule has 2 aromatic carbocycles. The molecule has 2 rings (SSSR count). The van der Waals surface area contributed by atoms with E-state index in [0.717, 1.165) is 37.3 Å². The van der Waals surface area contributed by atoms with Crippen LogP contribution in [-0.4, -0.2) is 18.1 Å². The number of unbranched alkanes of at least 4 members (excludes halogenated alkanes) is 3. The molecule has 0 heterocycles. The van der Waals surface area contributed by atoms with Gasteiger partial charge in [0.1, 0.15) is 16.4 Å². The van der Waals surface area contributed by atoms with Gasteiger partial charge in [0.2, 0.25) is 0 Å². The van der Waals surface area contributed by atoms with Crippen LogP contribution in [0.5, 0.6) is 17.2 Å². The lowest BCUT2D eigenvalue weighted by atomic mass is 10.1. The van der Waals surface area contributed by atoms with Crippen molar-refractivity contribution in [3.05, 3.63) is 48.0 Å². The zero-order chi connectivity index (χ0) is 17.6. The highest BCUT2D eigenvalue weighted by atomic mass is 32.2. The molecule has 2 aromatic rings. The molecule has 0 amide bonds. The minimum Gasteiger partial charge on any atom is -0.508 e. The predicted molar refractivity (Wildman–Crippen MR) is 92.3 cm³/mol. The van der Waals surface area contributed by atoms with Gasteiger partial charge in [-0.2, -0.15) is 8.42 Å². The van der Waals surface area contributed by atoms with Crippen LogP contribution in [0.3, 0.4) is 0 Å². The maximum atomic E-state index is 11.5. The van der Waals surface area contributed by atoms with Crippen LogP contribution in [-0.2, 0) is 16.5 Å². The fourth-order valence-electron chi connectivity index (χ4n) is 2.46. The largest absolute Gasteiger partial charge is 0.508 e. The number of benzene rings is 2. The summed E-state index contributed by atoms with van der Waals surface area (Å²) < 4.78 is 38.0. The molecule has 0 fully saturated rings. The highest BCUT2D eigenvalue weighted by Gasteiger charge is 2.18. The lowest BCUT2D eigenvalue weighted by Crippen LogP contribution is -2.02. The van der Waals surface area contributed by atoms with E-state index >= 15 is 0 Å². The van der Waals surface area contributed by atoms with Crippen LogP contribution in [0.1, 0.15) is 38.2 Å². The smallest absolute Gasteiger partial charge is 0.298 e. The van der Waals surface area contributed by atoms with Crippen LogP contribution in [0.15, 0.2) is 47.4 Å². The van der Waals surface area contributed by atoms with Crippen molar-refractivity contribution in [2.24, 2.45) is 0 Å². The summed E-state index contributed by atoms with van der Waals surface area (Å²) in [6.45, 7) is 2.15. The molecule has 5 nitrogen and oxygen atoms in total. The molecule has 130 valence electrons. The fraction of sp³-hybridized carbons (Fsp3) is 0.333. The third-order valence-electron chi connectivity index (χ3n) is 3.70. The van der Waals surface area contributed by atoms with Gasteiger partial charge in [0, 0.05) is 6.07 Å². The van der Waals surface area contributed by atoms with Gasteiger partial charge in [-0.05, 0) is 36.6 Å². The quantitative estimate of drug-likeness (QED) is 0.539. The van der Waals surface area contributed by atoms with Crippen LogP contribution in [0, 0.1) is 0 Å². The highest BCUT2D eigenvalue weighted by Crippen LogP contribution is 2.33. The van der Waals surface area contributed by atoms with Gasteiger partial charge in [-0.25, -0.2) is 0 Å². The molecule has 0 unspecified atom stereocenters. The number of aryl methyl sites for hydroxylation is 1. The first-order valence-corrected chi connectivity index (χ1v) is 9.42. The van der Waals surface area contributed by atoms with Crippen molar-refractivity contribution in [3.63, 3.8) is 0 Å². The van der Waals surface area contributed by atoms with E-state index in [4.69, 9.17) is 4.74 Å². The fourth-order valence-corrected chi connectivity index (χ4v) is 3.06. The molecular formula is C18H22O5S.